The van der Waals surface area contributed by atoms with E-state index in [0.717, 1.165) is 12.1 Å². The largest absolute Gasteiger partial charge is 0.354 e. The van der Waals surface area contributed by atoms with E-state index in [1.165, 1.54) is 4.90 Å². The molecular weight excluding hydrogens is 332 g/mol. The van der Waals surface area contributed by atoms with Crippen molar-refractivity contribution in [2.45, 2.75) is 18.9 Å². The van der Waals surface area contributed by atoms with Crippen LogP contribution in [0.15, 0.2) is 24.3 Å². The molecule has 0 saturated carbocycles. The molecule has 0 radical (unpaired) electrons. The Kier molecular flexibility index (Phi) is 4.89. The van der Waals surface area contributed by atoms with Crippen molar-refractivity contribution in [3.8, 4) is 0 Å². The number of hydrogen-bond acceptors (Lipinski definition) is 3. The van der Waals surface area contributed by atoms with Crippen LogP contribution in [0.2, 0.25) is 5.02 Å². The summed E-state index contributed by atoms with van der Waals surface area (Å²) in [7, 11) is 0. The van der Waals surface area contributed by atoms with Crippen LogP contribution in [-0.4, -0.2) is 55.0 Å². The summed E-state index contributed by atoms with van der Waals surface area (Å²) in [6.07, 6.45) is 0.954. The highest BCUT2D eigenvalue weighted by molar-refractivity contribution is 6.30. The molecule has 24 heavy (non-hydrogen) atoms. The maximum atomic E-state index is 12.3. The molecule has 1 aromatic rings. The fourth-order valence-electron chi connectivity index (χ4n) is 2.94. The first-order valence-corrected chi connectivity index (χ1v) is 8.29. The Bertz CT molecular complexity index is 666. The number of amides is 4. The monoisotopic (exact) mass is 350 g/mol. The highest BCUT2D eigenvalue weighted by atomic mass is 35.5. The molecule has 2 heterocycles. The molecule has 2 N–H and O–H groups in total. The van der Waals surface area contributed by atoms with Crippen LogP contribution < -0.4 is 15.5 Å². The topological polar surface area (TPSA) is 81.8 Å². The molecule has 0 bridgehead atoms. The van der Waals surface area contributed by atoms with Gasteiger partial charge in [-0.15, -0.1) is 0 Å². The van der Waals surface area contributed by atoms with E-state index in [1.54, 1.807) is 23.1 Å². The van der Waals surface area contributed by atoms with E-state index in [2.05, 4.69) is 10.6 Å². The van der Waals surface area contributed by atoms with Crippen molar-refractivity contribution >= 4 is 35.1 Å². The molecule has 128 valence electrons. The lowest BCUT2D eigenvalue weighted by Gasteiger charge is -2.22. The number of rotatable bonds is 2. The zero-order valence-electron chi connectivity index (χ0n) is 13.1. The summed E-state index contributed by atoms with van der Waals surface area (Å²) in [5, 5.41) is 6.14. The molecule has 0 spiro atoms. The van der Waals surface area contributed by atoms with Crippen molar-refractivity contribution in [2.24, 2.45) is 0 Å². The lowest BCUT2D eigenvalue weighted by molar-refractivity contribution is -0.121. The van der Waals surface area contributed by atoms with Gasteiger partial charge in [0.1, 0.15) is 6.54 Å². The molecule has 1 aromatic carbocycles. The molecule has 4 amide bonds. The summed E-state index contributed by atoms with van der Waals surface area (Å²) >= 11 is 5.97. The average molecular weight is 351 g/mol. The zero-order valence-corrected chi connectivity index (χ0v) is 13.9. The van der Waals surface area contributed by atoms with Gasteiger partial charge < -0.3 is 20.4 Å². The van der Waals surface area contributed by atoms with E-state index in [9.17, 15) is 14.4 Å². The summed E-state index contributed by atoms with van der Waals surface area (Å²) in [5.41, 5.74) is 0.721. The van der Waals surface area contributed by atoms with Crippen molar-refractivity contribution in [1.82, 2.24) is 15.5 Å². The van der Waals surface area contributed by atoms with Crippen LogP contribution in [0, 0.1) is 0 Å². The Labute approximate surface area is 144 Å². The molecule has 0 aromatic heterocycles. The minimum Gasteiger partial charge on any atom is -0.354 e. The van der Waals surface area contributed by atoms with Crippen molar-refractivity contribution in [3.05, 3.63) is 29.3 Å². The highest BCUT2D eigenvalue weighted by Crippen LogP contribution is 2.24. The SMILES string of the molecule is O=C1CN(C(=O)NC2CC(=O)N(c3cccc(Cl)c3)C2)CCCN1. The first-order valence-electron chi connectivity index (χ1n) is 7.91. The van der Waals surface area contributed by atoms with Gasteiger partial charge in [0.15, 0.2) is 0 Å². The van der Waals surface area contributed by atoms with Gasteiger partial charge in [-0.1, -0.05) is 17.7 Å². The van der Waals surface area contributed by atoms with Crippen LogP contribution in [0.4, 0.5) is 10.5 Å². The Balaban J connectivity index is 1.61. The number of carbonyl (C=O) groups is 3. The van der Waals surface area contributed by atoms with Crippen molar-refractivity contribution in [3.63, 3.8) is 0 Å². The number of hydrogen-bond donors (Lipinski definition) is 2. The lowest BCUT2D eigenvalue weighted by atomic mass is 10.2. The van der Waals surface area contributed by atoms with Crippen LogP contribution in [-0.2, 0) is 9.59 Å². The van der Waals surface area contributed by atoms with Gasteiger partial charge in [0.05, 0.1) is 6.04 Å². The van der Waals surface area contributed by atoms with Gasteiger partial charge in [0.2, 0.25) is 11.8 Å². The van der Waals surface area contributed by atoms with Gasteiger partial charge in [-0.3, -0.25) is 9.59 Å². The third-order valence-electron chi connectivity index (χ3n) is 4.12. The Hall–Kier alpha value is -2.28. The number of carbonyl (C=O) groups excluding carboxylic acids is 3. The number of nitrogens with zero attached hydrogens (tertiary/aromatic N) is 2. The lowest BCUT2D eigenvalue weighted by Crippen LogP contribution is -2.47. The van der Waals surface area contributed by atoms with Crippen molar-refractivity contribution in [2.75, 3.05) is 31.1 Å². The predicted octanol–water partition coefficient (Wildman–Crippen LogP) is 0.977. The Morgan fingerprint density at radius 3 is 2.96 bits per heavy atom. The van der Waals surface area contributed by atoms with Gasteiger partial charge >= 0.3 is 6.03 Å². The molecule has 2 fully saturated rings. The smallest absolute Gasteiger partial charge is 0.318 e. The van der Waals surface area contributed by atoms with Gasteiger partial charge in [-0.25, -0.2) is 4.79 Å². The van der Waals surface area contributed by atoms with E-state index in [4.69, 9.17) is 11.6 Å². The van der Waals surface area contributed by atoms with Crippen LogP contribution in [0.25, 0.3) is 0 Å². The highest BCUT2D eigenvalue weighted by Gasteiger charge is 2.33. The van der Waals surface area contributed by atoms with E-state index in [0.29, 0.717) is 24.7 Å². The number of halogens is 1. The summed E-state index contributed by atoms with van der Waals surface area (Å²) in [6.45, 7) is 1.53. The minimum atomic E-state index is -0.308. The molecule has 1 unspecified atom stereocenters. The molecular formula is C16H19ClN4O3. The first kappa shape index (κ1) is 16.6. The Morgan fingerprint density at radius 1 is 1.33 bits per heavy atom. The van der Waals surface area contributed by atoms with E-state index >= 15 is 0 Å². The molecule has 0 aliphatic carbocycles. The van der Waals surface area contributed by atoms with Crippen molar-refractivity contribution < 1.29 is 14.4 Å². The molecule has 2 aliphatic heterocycles. The quantitative estimate of drug-likeness (QED) is 0.834. The van der Waals surface area contributed by atoms with Gasteiger partial charge in [0, 0.05) is 36.8 Å². The zero-order chi connectivity index (χ0) is 17.1. The van der Waals surface area contributed by atoms with E-state index in [1.807, 2.05) is 6.07 Å². The molecule has 2 aliphatic rings. The maximum absolute atomic E-state index is 12.3. The second-order valence-electron chi connectivity index (χ2n) is 5.96. The third-order valence-corrected chi connectivity index (χ3v) is 4.36. The van der Waals surface area contributed by atoms with Crippen LogP contribution in [0.1, 0.15) is 12.8 Å². The van der Waals surface area contributed by atoms with Gasteiger partial charge in [-0.05, 0) is 24.6 Å². The van der Waals surface area contributed by atoms with Crippen molar-refractivity contribution in [1.29, 1.82) is 0 Å². The molecule has 2 saturated heterocycles. The van der Waals surface area contributed by atoms with E-state index < -0.39 is 0 Å². The van der Waals surface area contributed by atoms with Crippen LogP contribution >= 0.6 is 11.6 Å². The standard InChI is InChI=1S/C16H19ClN4O3/c17-11-3-1-4-13(7-11)21-9-12(8-15(21)23)19-16(24)20-6-2-5-18-14(22)10-20/h1,3-4,7,12H,2,5-6,8-10H2,(H,18,22)(H,19,24). The molecule has 3 rings (SSSR count). The third kappa shape index (κ3) is 3.79. The fraction of sp³-hybridized carbons (Fsp3) is 0.438. The van der Waals surface area contributed by atoms with E-state index in [-0.39, 0.29) is 36.9 Å². The van der Waals surface area contributed by atoms with Crippen LogP contribution in [0.3, 0.4) is 0 Å². The summed E-state index contributed by atoms with van der Waals surface area (Å²) in [4.78, 5) is 39.2. The second-order valence-corrected chi connectivity index (χ2v) is 6.40. The summed E-state index contributed by atoms with van der Waals surface area (Å²) in [6, 6.07) is 6.48. The maximum Gasteiger partial charge on any atom is 0.318 e. The minimum absolute atomic E-state index is 0.0461. The number of anilines is 1. The van der Waals surface area contributed by atoms with Gasteiger partial charge in [0.25, 0.3) is 0 Å². The summed E-state index contributed by atoms with van der Waals surface area (Å²) in [5.74, 6) is -0.220. The molecule has 8 heteroatoms. The molecule has 7 nitrogen and oxygen atoms in total. The second kappa shape index (κ2) is 7.09. The molecule has 1 atom stereocenters. The number of benzene rings is 1. The predicted molar refractivity (Wildman–Crippen MR) is 89.9 cm³/mol. The first-order chi connectivity index (χ1) is 11.5. The number of urea groups is 1. The number of nitrogens with one attached hydrogen (secondary N) is 2. The van der Waals surface area contributed by atoms with Crippen LogP contribution in [0.5, 0.6) is 0 Å². The average Bonchev–Trinajstić information content (AvgIpc) is 2.76. The summed E-state index contributed by atoms with van der Waals surface area (Å²) < 4.78 is 0. The fourth-order valence-corrected chi connectivity index (χ4v) is 3.13. The van der Waals surface area contributed by atoms with Gasteiger partial charge in [-0.2, -0.15) is 0 Å². The Morgan fingerprint density at radius 2 is 2.17 bits per heavy atom. The normalized spacial score (nSPS) is 21.5.